The number of rotatable bonds is 3. The van der Waals surface area contributed by atoms with E-state index in [-0.39, 0.29) is 11.9 Å². The first-order chi connectivity index (χ1) is 8.11. The van der Waals surface area contributed by atoms with Gasteiger partial charge < -0.3 is 4.74 Å². The van der Waals surface area contributed by atoms with Crippen LogP contribution in [-0.2, 0) is 16.0 Å². The number of esters is 1. The summed E-state index contributed by atoms with van der Waals surface area (Å²) < 4.78 is 6.59. The third kappa shape index (κ3) is 2.27. The van der Waals surface area contributed by atoms with E-state index in [9.17, 15) is 4.79 Å². The molecule has 0 aliphatic carbocycles. The molecule has 2 aromatic heterocycles. The lowest BCUT2D eigenvalue weighted by molar-refractivity contribution is -0.144. The van der Waals surface area contributed by atoms with Gasteiger partial charge in [0.1, 0.15) is 6.33 Å². The largest absolute Gasteiger partial charge is 0.469 e. The van der Waals surface area contributed by atoms with Crippen molar-refractivity contribution >= 4 is 11.6 Å². The molecular formula is C12H15N3O2. The van der Waals surface area contributed by atoms with Crippen LogP contribution in [0.4, 0.5) is 0 Å². The second-order valence-corrected chi connectivity index (χ2v) is 4.21. The molecule has 90 valence electrons. The summed E-state index contributed by atoms with van der Waals surface area (Å²) in [4.78, 5) is 11.4. The second-order valence-electron chi connectivity index (χ2n) is 4.21. The summed E-state index contributed by atoms with van der Waals surface area (Å²) >= 11 is 0. The number of nitrogens with zero attached hydrogens (tertiary/aromatic N) is 3. The molecule has 5 nitrogen and oxygen atoms in total. The fraction of sp³-hybridized carbons (Fsp3) is 0.417. The van der Waals surface area contributed by atoms with Crippen molar-refractivity contribution in [1.29, 1.82) is 0 Å². The number of ether oxygens (including phenoxy) is 1. The number of aryl methyl sites for hydroxylation is 1. The Kier molecular flexibility index (Phi) is 3.08. The number of carbonyl (C=O) groups excluding carboxylic acids is 1. The van der Waals surface area contributed by atoms with E-state index in [1.165, 1.54) is 7.11 Å². The van der Waals surface area contributed by atoms with Crippen LogP contribution in [0.25, 0.3) is 5.65 Å². The highest BCUT2D eigenvalue weighted by Crippen LogP contribution is 2.16. The van der Waals surface area contributed by atoms with Crippen LogP contribution in [-0.4, -0.2) is 27.7 Å². The van der Waals surface area contributed by atoms with Crippen molar-refractivity contribution in [2.45, 2.75) is 20.3 Å². The first-order valence-corrected chi connectivity index (χ1v) is 5.48. The summed E-state index contributed by atoms with van der Waals surface area (Å²) in [5.41, 5.74) is 3.01. The van der Waals surface area contributed by atoms with E-state index in [2.05, 4.69) is 10.2 Å². The van der Waals surface area contributed by atoms with Crippen LogP contribution in [0.3, 0.4) is 0 Å². The standard InChI is InChI=1S/C12H15N3O2/c1-8(12(16)17-3)4-10-5-11-14-13-7-15(11)6-9(10)2/h5-8H,4H2,1-3H3/t8-/m1/s1. The predicted octanol–water partition coefficient (Wildman–Crippen LogP) is 1.39. The smallest absolute Gasteiger partial charge is 0.308 e. The molecule has 0 saturated heterocycles. The van der Waals surface area contributed by atoms with Gasteiger partial charge in [-0.2, -0.15) is 0 Å². The first-order valence-electron chi connectivity index (χ1n) is 5.48. The van der Waals surface area contributed by atoms with Crippen LogP contribution in [0.1, 0.15) is 18.1 Å². The topological polar surface area (TPSA) is 56.5 Å². The summed E-state index contributed by atoms with van der Waals surface area (Å²) in [5.74, 6) is -0.338. The Labute approximate surface area is 99.4 Å². The highest BCUT2D eigenvalue weighted by Gasteiger charge is 2.15. The predicted molar refractivity (Wildman–Crippen MR) is 62.6 cm³/mol. The SMILES string of the molecule is COC(=O)[C@H](C)Cc1cc2nncn2cc1C. The quantitative estimate of drug-likeness (QED) is 0.752. The van der Waals surface area contributed by atoms with Gasteiger partial charge in [-0.3, -0.25) is 9.20 Å². The molecule has 2 heterocycles. The summed E-state index contributed by atoms with van der Waals surface area (Å²) in [7, 11) is 1.41. The molecule has 0 amide bonds. The van der Waals surface area contributed by atoms with E-state index >= 15 is 0 Å². The Morgan fingerprint density at radius 2 is 2.35 bits per heavy atom. The number of pyridine rings is 1. The van der Waals surface area contributed by atoms with E-state index in [1.807, 2.05) is 30.5 Å². The number of fused-ring (bicyclic) bond motifs is 1. The summed E-state index contributed by atoms with van der Waals surface area (Å²) in [6, 6.07) is 1.96. The Bertz CT molecular complexity index is 548. The molecule has 0 radical (unpaired) electrons. The maximum atomic E-state index is 11.4. The lowest BCUT2D eigenvalue weighted by atomic mass is 9.99. The van der Waals surface area contributed by atoms with Crippen molar-refractivity contribution in [2.75, 3.05) is 7.11 Å². The van der Waals surface area contributed by atoms with E-state index in [4.69, 9.17) is 4.74 Å². The third-order valence-corrected chi connectivity index (χ3v) is 2.87. The lowest BCUT2D eigenvalue weighted by Gasteiger charge is -2.11. The van der Waals surface area contributed by atoms with Gasteiger partial charge in [-0.15, -0.1) is 10.2 Å². The second kappa shape index (κ2) is 4.53. The number of carbonyl (C=O) groups is 1. The lowest BCUT2D eigenvalue weighted by Crippen LogP contribution is -2.15. The zero-order valence-corrected chi connectivity index (χ0v) is 10.2. The molecule has 0 bridgehead atoms. The molecule has 2 aromatic rings. The van der Waals surface area contributed by atoms with E-state index < -0.39 is 0 Å². The normalized spacial score (nSPS) is 12.6. The van der Waals surface area contributed by atoms with E-state index in [0.717, 1.165) is 16.8 Å². The van der Waals surface area contributed by atoms with Gasteiger partial charge in [0.25, 0.3) is 0 Å². The zero-order chi connectivity index (χ0) is 12.4. The molecule has 0 unspecified atom stereocenters. The van der Waals surface area contributed by atoms with Gasteiger partial charge in [-0.05, 0) is 30.5 Å². The molecule has 17 heavy (non-hydrogen) atoms. The number of hydrogen-bond acceptors (Lipinski definition) is 4. The fourth-order valence-electron chi connectivity index (χ4n) is 1.85. The van der Waals surface area contributed by atoms with Crippen molar-refractivity contribution in [3.05, 3.63) is 29.7 Å². The van der Waals surface area contributed by atoms with Crippen LogP contribution >= 0.6 is 0 Å². The van der Waals surface area contributed by atoms with Gasteiger partial charge in [0.05, 0.1) is 13.0 Å². The van der Waals surface area contributed by atoms with Crippen molar-refractivity contribution in [3.63, 3.8) is 0 Å². The van der Waals surface area contributed by atoms with E-state index in [0.29, 0.717) is 6.42 Å². The summed E-state index contributed by atoms with van der Waals surface area (Å²) in [5, 5.41) is 7.82. The van der Waals surface area contributed by atoms with Crippen LogP contribution in [0.15, 0.2) is 18.6 Å². The van der Waals surface area contributed by atoms with Gasteiger partial charge in [-0.1, -0.05) is 6.92 Å². The molecule has 1 atom stereocenters. The number of methoxy groups -OCH3 is 1. The number of hydrogen-bond donors (Lipinski definition) is 0. The van der Waals surface area contributed by atoms with Gasteiger partial charge in [0.2, 0.25) is 0 Å². The van der Waals surface area contributed by atoms with Crippen molar-refractivity contribution in [2.24, 2.45) is 5.92 Å². The van der Waals surface area contributed by atoms with Crippen molar-refractivity contribution in [1.82, 2.24) is 14.6 Å². The Morgan fingerprint density at radius 3 is 3.06 bits per heavy atom. The molecule has 0 saturated carbocycles. The highest BCUT2D eigenvalue weighted by molar-refractivity contribution is 5.72. The van der Waals surface area contributed by atoms with Gasteiger partial charge >= 0.3 is 5.97 Å². The molecule has 0 aliphatic heterocycles. The molecule has 0 aromatic carbocycles. The minimum Gasteiger partial charge on any atom is -0.469 e. The molecule has 0 fully saturated rings. The van der Waals surface area contributed by atoms with E-state index in [1.54, 1.807) is 6.33 Å². The Hall–Kier alpha value is -1.91. The first kappa shape index (κ1) is 11.6. The average Bonchev–Trinajstić information content (AvgIpc) is 2.75. The van der Waals surface area contributed by atoms with Gasteiger partial charge in [0, 0.05) is 6.20 Å². The van der Waals surface area contributed by atoms with Gasteiger partial charge in [0.15, 0.2) is 5.65 Å². The third-order valence-electron chi connectivity index (χ3n) is 2.87. The Morgan fingerprint density at radius 1 is 1.59 bits per heavy atom. The summed E-state index contributed by atoms with van der Waals surface area (Å²) in [6.45, 7) is 3.87. The maximum Gasteiger partial charge on any atom is 0.308 e. The maximum absolute atomic E-state index is 11.4. The van der Waals surface area contributed by atoms with Crippen LogP contribution in [0, 0.1) is 12.8 Å². The minimum atomic E-state index is -0.189. The summed E-state index contributed by atoms with van der Waals surface area (Å²) in [6.07, 6.45) is 4.28. The molecule has 0 aliphatic rings. The molecule has 2 rings (SSSR count). The monoisotopic (exact) mass is 233 g/mol. The fourth-order valence-corrected chi connectivity index (χ4v) is 1.85. The molecule has 0 N–H and O–H groups in total. The van der Waals surface area contributed by atoms with Crippen molar-refractivity contribution < 1.29 is 9.53 Å². The van der Waals surface area contributed by atoms with Crippen LogP contribution in [0.2, 0.25) is 0 Å². The van der Waals surface area contributed by atoms with Crippen LogP contribution < -0.4 is 0 Å². The Balaban J connectivity index is 2.28. The molecule has 5 heteroatoms. The zero-order valence-electron chi connectivity index (χ0n) is 10.2. The van der Waals surface area contributed by atoms with Gasteiger partial charge in [-0.25, -0.2) is 0 Å². The van der Waals surface area contributed by atoms with Crippen LogP contribution in [0.5, 0.6) is 0 Å². The van der Waals surface area contributed by atoms with Crippen molar-refractivity contribution in [3.8, 4) is 0 Å². The average molecular weight is 233 g/mol. The molecular weight excluding hydrogens is 218 g/mol. The molecule has 0 spiro atoms. The minimum absolute atomic E-state index is 0.149. The number of aromatic nitrogens is 3. The highest BCUT2D eigenvalue weighted by atomic mass is 16.5.